The molecule has 1 aliphatic rings. The number of benzene rings is 2. The topological polar surface area (TPSA) is 50.3 Å². The van der Waals surface area contributed by atoms with Crippen molar-refractivity contribution in [2.45, 2.75) is 0 Å². The van der Waals surface area contributed by atoms with Crippen LogP contribution in [-0.2, 0) is 0 Å². The van der Waals surface area contributed by atoms with Gasteiger partial charge >= 0.3 is 0 Å². The number of fused-ring (bicyclic) bond motifs is 2. The molecule has 0 spiro atoms. The van der Waals surface area contributed by atoms with Crippen molar-refractivity contribution in [2.75, 3.05) is 4.90 Å². The molecule has 0 saturated heterocycles. The van der Waals surface area contributed by atoms with E-state index in [1.54, 1.807) is 18.2 Å². The van der Waals surface area contributed by atoms with E-state index < -0.39 is 0 Å². The monoisotopic (exact) mass is 308 g/mol. The molecule has 1 aromatic heterocycles. The third-order valence-electron chi connectivity index (χ3n) is 3.78. The molecule has 5 heteroatoms. The molecular formula is C17H9ClN2O2. The van der Waals surface area contributed by atoms with Gasteiger partial charge in [-0.05, 0) is 18.2 Å². The van der Waals surface area contributed by atoms with E-state index in [2.05, 4.69) is 4.98 Å². The van der Waals surface area contributed by atoms with E-state index in [-0.39, 0.29) is 11.8 Å². The van der Waals surface area contributed by atoms with Gasteiger partial charge in [0.15, 0.2) is 0 Å². The summed E-state index contributed by atoms with van der Waals surface area (Å²) in [7, 11) is 0. The molecule has 2 amide bonds. The Morgan fingerprint density at radius 3 is 2.36 bits per heavy atom. The van der Waals surface area contributed by atoms with Crippen LogP contribution in [0.1, 0.15) is 20.7 Å². The second-order valence-electron chi connectivity index (χ2n) is 4.98. The largest absolute Gasteiger partial charge is 0.268 e. The normalized spacial score (nSPS) is 13.8. The maximum Gasteiger partial charge on any atom is 0.267 e. The molecule has 1 aliphatic heterocycles. The number of nitrogens with zero attached hydrogens (tertiary/aromatic N) is 2. The van der Waals surface area contributed by atoms with Crippen molar-refractivity contribution < 1.29 is 9.59 Å². The molecule has 0 saturated carbocycles. The molecule has 0 fully saturated rings. The molecule has 106 valence electrons. The molecule has 4 rings (SSSR count). The van der Waals surface area contributed by atoms with Crippen LogP contribution in [0.15, 0.2) is 54.9 Å². The van der Waals surface area contributed by atoms with E-state index in [9.17, 15) is 9.59 Å². The minimum Gasteiger partial charge on any atom is -0.268 e. The van der Waals surface area contributed by atoms with Gasteiger partial charge in [-0.25, -0.2) is 4.90 Å². The highest BCUT2D eigenvalue weighted by Crippen LogP contribution is 2.36. The summed E-state index contributed by atoms with van der Waals surface area (Å²) in [5.74, 6) is -0.699. The number of hydrogen-bond acceptors (Lipinski definition) is 3. The smallest absolute Gasteiger partial charge is 0.267 e. The van der Waals surface area contributed by atoms with Crippen molar-refractivity contribution in [3.8, 4) is 0 Å². The summed E-state index contributed by atoms with van der Waals surface area (Å²) in [4.78, 5) is 30.3. The Kier molecular flexibility index (Phi) is 2.74. The van der Waals surface area contributed by atoms with Gasteiger partial charge in [0.05, 0.1) is 16.8 Å². The van der Waals surface area contributed by atoms with Crippen molar-refractivity contribution in [2.24, 2.45) is 0 Å². The van der Waals surface area contributed by atoms with Gasteiger partial charge in [0.2, 0.25) is 0 Å². The van der Waals surface area contributed by atoms with E-state index >= 15 is 0 Å². The fourth-order valence-corrected chi connectivity index (χ4v) is 2.97. The maximum absolute atomic E-state index is 12.6. The quantitative estimate of drug-likeness (QED) is 0.644. The van der Waals surface area contributed by atoms with Gasteiger partial charge in [0.25, 0.3) is 11.8 Å². The SMILES string of the molecule is O=C1c2ccncc2C(=O)N1c1ccc(Cl)c2ccccc12. The molecule has 0 aliphatic carbocycles. The number of carbonyl (C=O) groups excluding carboxylic acids is 2. The minimum atomic E-state index is -0.361. The second-order valence-corrected chi connectivity index (χ2v) is 5.39. The predicted molar refractivity (Wildman–Crippen MR) is 84.3 cm³/mol. The summed E-state index contributed by atoms with van der Waals surface area (Å²) >= 11 is 6.20. The number of aromatic nitrogens is 1. The van der Waals surface area contributed by atoms with Gasteiger partial charge in [0.1, 0.15) is 0 Å². The van der Waals surface area contributed by atoms with Gasteiger partial charge in [-0.1, -0.05) is 35.9 Å². The van der Waals surface area contributed by atoms with Gasteiger partial charge in [-0.2, -0.15) is 0 Å². The van der Waals surface area contributed by atoms with Gasteiger partial charge in [0, 0.05) is 28.2 Å². The molecule has 0 radical (unpaired) electrons. The van der Waals surface area contributed by atoms with Crippen molar-refractivity contribution in [3.63, 3.8) is 0 Å². The van der Waals surface area contributed by atoms with E-state index in [0.717, 1.165) is 10.8 Å². The molecule has 0 atom stereocenters. The number of pyridine rings is 1. The standard InChI is InChI=1S/C17H9ClN2O2/c18-14-5-6-15(11-4-2-1-3-10(11)14)20-16(21)12-7-8-19-9-13(12)17(20)22/h1-9H. The molecule has 0 N–H and O–H groups in total. The first-order chi connectivity index (χ1) is 10.7. The highest BCUT2D eigenvalue weighted by Gasteiger charge is 2.37. The summed E-state index contributed by atoms with van der Waals surface area (Å²) in [6.07, 6.45) is 2.93. The minimum absolute atomic E-state index is 0.325. The number of hydrogen-bond donors (Lipinski definition) is 0. The zero-order valence-corrected chi connectivity index (χ0v) is 12.0. The third kappa shape index (κ3) is 1.68. The second kappa shape index (κ2) is 4.64. The van der Waals surface area contributed by atoms with E-state index in [0.29, 0.717) is 21.8 Å². The Morgan fingerprint density at radius 2 is 1.59 bits per heavy atom. The highest BCUT2D eigenvalue weighted by molar-refractivity contribution is 6.39. The van der Waals surface area contributed by atoms with Crippen LogP contribution in [0.3, 0.4) is 0 Å². The number of halogens is 1. The number of rotatable bonds is 1. The molecule has 0 unspecified atom stereocenters. The molecule has 3 aromatic rings. The molecule has 4 nitrogen and oxygen atoms in total. The van der Waals surface area contributed by atoms with Gasteiger partial charge < -0.3 is 0 Å². The van der Waals surface area contributed by atoms with Gasteiger partial charge in [-0.15, -0.1) is 0 Å². The van der Waals surface area contributed by atoms with E-state index in [4.69, 9.17) is 11.6 Å². The van der Waals surface area contributed by atoms with Crippen LogP contribution in [-0.4, -0.2) is 16.8 Å². The van der Waals surface area contributed by atoms with Crippen molar-refractivity contribution in [1.82, 2.24) is 4.98 Å². The first-order valence-electron chi connectivity index (χ1n) is 6.68. The highest BCUT2D eigenvalue weighted by atomic mass is 35.5. The predicted octanol–water partition coefficient (Wildman–Crippen LogP) is 3.69. The summed E-state index contributed by atoms with van der Waals surface area (Å²) in [6.45, 7) is 0. The fourth-order valence-electron chi connectivity index (χ4n) is 2.74. The lowest BCUT2D eigenvalue weighted by molar-refractivity contribution is 0.0926. The Morgan fingerprint density at radius 1 is 0.864 bits per heavy atom. The average Bonchev–Trinajstić information content (AvgIpc) is 2.81. The summed E-state index contributed by atoms with van der Waals surface area (Å²) in [5.41, 5.74) is 1.23. The lowest BCUT2D eigenvalue weighted by Crippen LogP contribution is -2.29. The average molecular weight is 309 g/mol. The van der Waals surface area contributed by atoms with E-state index in [1.807, 2.05) is 24.3 Å². The third-order valence-corrected chi connectivity index (χ3v) is 4.11. The molecule has 2 heterocycles. The number of anilines is 1. The van der Waals surface area contributed by atoms with E-state index in [1.165, 1.54) is 17.3 Å². The Bertz CT molecular complexity index is 917. The number of amides is 2. The zero-order chi connectivity index (χ0) is 15.3. The first-order valence-corrected chi connectivity index (χ1v) is 7.06. The molecule has 2 aromatic carbocycles. The summed E-state index contributed by atoms with van der Waals surface area (Å²) in [5, 5.41) is 2.14. The Hall–Kier alpha value is -2.72. The fraction of sp³-hybridized carbons (Fsp3) is 0. The lowest BCUT2D eigenvalue weighted by atomic mass is 10.1. The zero-order valence-electron chi connectivity index (χ0n) is 11.3. The Balaban J connectivity index is 1.97. The lowest BCUT2D eigenvalue weighted by Gasteiger charge is -2.17. The number of carbonyl (C=O) groups is 2. The van der Waals surface area contributed by atoms with Crippen LogP contribution in [0.25, 0.3) is 10.8 Å². The molecule has 0 bridgehead atoms. The summed E-state index contributed by atoms with van der Waals surface area (Å²) < 4.78 is 0. The molecular weight excluding hydrogens is 300 g/mol. The van der Waals surface area contributed by atoms with Crippen molar-refractivity contribution >= 4 is 39.9 Å². The summed E-state index contributed by atoms with van der Waals surface area (Å²) in [6, 6.07) is 12.4. The first kappa shape index (κ1) is 13.0. The number of imide groups is 1. The van der Waals surface area contributed by atoms with Crippen LogP contribution in [0.5, 0.6) is 0 Å². The van der Waals surface area contributed by atoms with Crippen LogP contribution in [0, 0.1) is 0 Å². The van der Waals surface area contributed by atoms with Crippen molar-refractivity contribution in [3.05, 3.63) is 71.0 Å². The Labute approximate surface area is 131 Å². The van der Waals surface area contributed by atoms with Crippen LogP contribution < -0.4 is 4.90 Å². The van der Waals surface area contributed by atoms with Crippen molar-refractivity contribution in [1.29, 1.82) is 0 Å². The van der Waals surface area contributed by atoms with Gasteiger partial charge in [-0.3, -0.25) is 14.6 Å². The maximum atomic E-state index is 12.6. The van der Waals surface area contributed by atoms with Crippen LogP contribution >= 0.6 is 11.6 Å². The molecule has 22 heavy (non-hydrogen) atoms. The van der Waals surface area contributed by atoms with Crippen LogP contribution in [0.4, 0.5) is 5.69 Å². The van der Waals surface area contributed by atoms with Crippen LogP contribution in [0.2, 0.25) is 5.02 Å².